The molecule has 17 heavy (non-hydrogen) atoms. The monoisotopic (exact) mass is 225 g/mol. The molecule has 2 rings (SSSR count). The fraction of sp³-hybridized carbons (Fsp3) is 0.200. The van der Waals surface area contributed by atoms with Gasteiger partial charge in [-0.1, -0.05) is 30.3 Å². The lowest BCUT2D eigenvalue weighted by molar-refractivity contribution is 0.0982. The zero-order valence-electron chi connectivity index (χ0n) is 9.89. The van der Waals surface area contributed by atoms with Gasteiger partial charge in [0.2, 0.25) is 0 Å². The van der Waals surface area contributed by atoms with Gasteiger partial charge in [0.15, 0.2) is 5.78 Å². The van der Waals surface area contributed by atoms with Gasteiger partial charge in [-0.25, -0.2) is 0 Å². The van der Waals surface area contributed by atoms with Crippen molar-refractivity contribution in [1.29, 1.82) is 0 Å². The Morgan fingerprint density at radius 3 is 2.65 bits per heavy atom. The molecule has 0 unspecified atom stereocenters. The van der Waals surface area contributed by atoms with Crippen molar-refractivity contribution in [3.05, 3.63) is 65.5 Å². The number of carbonyl (C=O) groups excluding carboxylic acids is 1. The van der Waals surface area contributed by atoms with E-state index in [2.05, 4.69) is 4.98 Å². The lowest BCUT2D eigenvalue weighted by Crippen LogP contribution is -2.03. The number of Topliss-reactive ketones (excluding diaryl/α,β-unsaturated/α-hetero) is 1. The maximum absolute atomic E-state index is 12.0. The van der Waals surface area contributed by atoms with Gasteiger partial charge in [0.05, 0.1) is 0 Å². The number of aromatic nitrogens is 1. The Labute approximate surface area is 101 Å². The second kappa shape index (κ2) is 5.39. The van der Waals surface area contributed by atoms with Crippen LogP contribution in [0.2, 0.25) is 0 Å². The number of nitrogens with zero attached hydrogens (tertiary/aromatic N) is 1. The van der Waals surface area contributed by atoms with Crippen LogP contribution in [0.4, 0.5) is 0 Å². The van der Waals surface area contributed by atoms with Crippen LogP contribution < -0.4 is 0 Å². The van der Waals surface area contributed by atoms with Crippen LogP contribution in [-0.4, -0.2) is 10.8 Å². The molecule has 0 aliphatic carbocycles. The van der Waals surface area contributed by atoms with Gasteiger partial charge in [-0.2, -0.15) is 0 Å². The largest absolute Gasteiger partial charge is 0.294 e. The summed E-state index contributed by atoms with van der Waals surface area (Å²) < 4.78 is 0. The van der Waals surface area contributed by atoms with Crippen LogP contribution in [0.3, 0.4) is 0 Å². The number of ketones is 1. The number of hydrogen-bond donors (Lipinski definition) is 0. The highest BCUT2D eigenvalue weighted by molar-refractivity contribution is 5.97. The first-order chi connectivity index (χ1) is 8.27. The number of hydrogen-bond acceptors (Lipinski definition) is 2. The number of carbonyl (C=O) groups is 1. The maximum Gasteiger partial charge on any atom is 0.163 e. The van der Waals surface area contributed by atoms with E-state index in [1.165, 1.54) is 5.56 Å². The minimum absolute atomic E-state index is 0.189. The lowest BCUT2D eigenvalue weighted by Gasteiger charge is -2.04. The topological polar surface area (TPSA) is 30.0 Å². The van der Waals surface area contributed by atoms with Gasteiger partial charge in [0.25, 0.3) is 0 Å². The summed E-state index contributed by atoms with van der Waals surface area (Å²) in [6.07, 6.45) is 4.74. The first kappa shape index (κ1) is 11.5. The standard InChI is InChI=1S/C15H15NO/c1-12-11-16-10-9-14(12)15(17)8-7-13-5-3-2-4-6-13/h2-6,9-11H,7-8H2,1H3. The molecule has 0 amide bonds. The molecule has 0 fully saturated rings. The van der Waals surface area contributed by atoms with Crippen LogP contribution in [0.15, 0.2) is 48.8 Å². The molecule has 86 valence electrons. The zero-order chi connectivity index (χ0) is 12.1. The molecule has 0 atom stereocenters. The molecule has 0 bridgehead atoms. The minimum Gasteiger partial charge on any atom is -0.294 e. The second-order valence-corrected chi connectivity index (χ2v) is 4.10. The molecule has 0 radical (unpaired) electrons. The predicted octanol–water partition coefficient (Wildman–Crippen LogP) is 3.21. The summed E-state index contributed by atoms with van der Waals surface area (Å²) in [5.41, 5.74) is 2.94. The molecule has 2 aromatic rings. The lowest BCUT2D eigenvalue weighted by atomic mass is 10.0. The van der Waals surface area contributed by atoms with E-state index < -0.39 is 0 Å². The molecule has 0 aliphatic rings. The van der Waals surface area contributed by atoms with Crippen LogP contribution >= 0.6 is 0 Å². The normalized spacial score (nSPS) is 10.2. The van der Waals surface area contributed by atoms with Gasteiger partial charge in [0, 0.05) is 24.4 Å². The van der Waals surface area contributed by atoms with Crippen molar-refractivity contribution < 1.29 is 4.79 Å². The number of rotatable bonds is 4. The third-order valence-corrected chi connectivity index (χ3v) is 2.80. The molecule has 1 heterocycles. The van der Waals surface area contributed by atoms with Gasteiger partial charge >= 0.3 is 0 Å². The van der Waals surface area contributed by atoms with E-state index in [0.29, 0.717) is 6.42 Å². The molecule has 2 heteroatoms. The molecule has 1 aromatic heterocycles. The highest BCUT2D eigenvalue weighted by atomic mass is 16.1. The third kappa shape index (κ3) is 3.00. The fourth-order valence-corrected chi connectivity index (χ4v) is 1.82. The van der Waals surface area contributed by atoms with Crippen LogP contribution in [0.1, 0.15) is 27.9 Å². The molecule has 0 N–H and O–H groups in total. The Morgan fingerprint density at radius 1 is 1.18 bits per heavy atom. The fourth-order valence-electron chi connectivity index (χ4n) is 1.82. The van der Waals surface area contributed by atoms with Gasteiger partial charge < -0.3 is 0 Å². The minimum atomic E-state index is 0.189. The van der Waals surface area contributed by atoms with E-state index in [0.717, 1.165) is 17.5 Å². The van der Waals surface area contributed by atoms with Crippen LogP contribution in [0.5, 0.6) is 0 Å². The second-order valence-electron chi connectivity index (χ2n) is 4.10. The highest BCUT2D eigenvalue weighted by Gasteiger charge is 2.08. The zero-order valence-corrected chi connectivity index (χ0v) is 9.89. The quantitative estimate of drug-likeness (QED) is 0.748. The Bertz CT molecular complexity index is 505. The first-order valence-corrected chi connectivity index (χ1v) is 5.75. The average molecular weight is 225 g/mol. The maximum atomic E-state index is 12.0. The van der Waals surface area contributed by atoms with E-state index in [4.69, 9.17) is 0 Å². The first-order valence-electron chi connectivity index (χ1n) is 5.75. The summed E-state index contributed by atoms with van der Waals surface area (Å²) in [5.74, 6) is 0.189. The summed E-state index contributed by atoms with van der Waals surface area (Å²) in [7, 11) is 0. The molecule has 0 saturated carbocycles. The van der Waals surface area contributed by atoms with E-state index in [-0.39, 0.29) is 5.78 Å². The Morgan fingerprint density at radius 2 is 1.94 bits per heavy atom. The van der Waals surface area contributed by atoms with Crippen molar-refractivity contribution in [2.75, 3.05) is 0 Å². The van der Waals surface area contributed by atoms with Gasteiger partial charge in [0.1, 0.15) is 0 Å². The Kier molecular flexibility index (Phi) is 3.66. The number of aryl methyl sites for hydroxylation is 2. The van der Waals surface area contributed by atoms with E-state index in [1.54, 1.807) is 18.5 Å². The van der Waals surface area contributed by atoms with Crippen LogP contribution in [0.25, 0.3) is 0 Å². The summed E-state index contributed by atoms with van der Waals surface area (Å²) in [5, 5.41) is 0. The van der Waals surface area contributed by atoms with Gasteiger partial charge in [-0.15, -0.1) is 0 Å². The van der Waals surface area contributed by atoms with E-state index in [9.17, 15) is 4.79 Å². The molecule has 2 nitrogen and oxygen atoms in total. The molecule has 1 aromatic carbocycles. The molecule has 0 saturated heterocycles. The number of benzene rings is 1. The smallest absolute Gasteiger partial charge is 0.163 e. The highest BCUT2D eigenvalue weighted by Crippen LogP contribution is 2.11. The van der Waals surface area contributed by atoms with Gasteiger partial charge in [-0.05, 0) is 30.5 Å². The molecule has 0 aliphatic heterocycles. The van der Waals surface area contributed by atoms with Crippen molar-refractivity contribution in [2.24, 2.45) is 0 Å². The Hall–Kier alpha value is -1.96. The summed E-state index contributed by atoms with van der Waals surface area (Å²) in [4.78, 5) is 16.0. The predicted molar refractivity (Wildman–Crippen MR) is 68.1 cm³/mol. The van der Waals surface area contributed by atoms with Crippen molar-refractivity contribution in [3.8, 4) is 0 Å². The van der Waals surface area contributed by atoms with Crippen molar-refractivity contribution in [2.45, 2.75) is 19.8 Å². The van der Waals surface area contributed by atoms with Crippen LogP contribution in [-0.2, 0) is 6.42 Å². The van der Waals surface area contributed by atoms with E-state index >= 15 is 0 Å². The molecule has 0 spiro atoms. The van der Waals surface area contributed by atoms with E-state index in [1.807, 2.05) is 37.3 Å². The summed E-state index contributed by atoms with van der Waals surface area (Å²) in [6, 6.07) is 11.9. The van der Waals surface area contributed by atoms with Crippen LogP contribution in [0, 0.1) is 6.92 Å². The third-order valence-electron chi connectivity index (χ3n) is 2.80. The average Bonchev–Trinajstić information content (AvgIpc) is 2.38. The SMILES string of the molecule is Cc1cnccc1C(=O)CCc1ccccc1. The van der Waals surface area contributed by atoms with Crippen molar-refractivity contribution in [3.63, 3.8) is 0 Å². The molecular formula is C15H15NO. The van der Waals surface area contributed by atoms with Gasteiger partial charge in [-0.3, -0.25) is 9.78 Å². The van der Waals surface area contributed by atoms with Crippen molar-refractivity contribution >= 4 is 5.78 Å². The summed E-state index contributed by atoms with van der Waals surface area (Å²) >= 11 is 0. The van der Waals surface area contributed by atoms with Crippen molar-refractivity contribution in [1.82, 2.24) is 4.98 Å². The molecular weight excluding hydrogens is 210 g/mol. The summed E-state index contributed by atoms with van der Waals surface area (Å²) in [6.45, 7) is 1.92. The Balaban J connectivity index is 2.01. The number of pyridine rings is 1.